The normalized spacial score (nSPS) is 11.0. The zero-order valence-corrected chi connectivity index (χ0v) is 8.53. The Morgan fingerprint density at radius 1 is 1.36 bits per heavy atom. The molecule has 0 radical (unpaired) electrons. The van der Waals surface area contributed by atoms with Gasteiger partial charge in [-0.05, 0) is 12.1 Å². The fourth-order valence-corrected chi connectivity index (χ4v) is 1.61. The number of rotatable bonds is 3. The summed E-state index contributed by atoms with van der Waals surface area (Å²) in [7, 11) is 3.75. The van der Waals surface area contributed by atoms with Gasteiger partial charge in [0.05, 0.1) is 17.6 Å². The van der Waals surface area contributed by atoms with E-state index in [-0.39, 0.29) is 0 Å². The Morgan fingerprint density at radius 2 is 2.14 bits per heavy atom. The predicted molar refractivity (Wildman–Crippen MR) is 56.3 cm³/mol. The monoisotopic (exact) mass is 190 g/mol. The number of methoxy groups -OCH3 is 1. The molecule has 0 saturated heterocycles. The number of aryl methyl sites for hydroxylation is 1. The van der Waals surface area contributed by atoms with Crippen LogP contribution in [-0.2, 0) is 18.2 Å². The molecule has 2 aromatic rings. The maximum atomic E-state index is 5.04. The van der Waals surface area contributed by atoms with E-state index in [1.807, 2.05) is 25.2 Å². The van der Waals surface area contributed by atoms with Gasteiger partial charge in [-0.3, -0.25) is 0 Å². The Labute approximate surface area is 83.3 Å². The van der Waals surface area contributed by atoms with Gasteiger partial charge in [0.1, 0.15) is 5.82 Å². The average molecular weight is 190 g/mol. The third kappa shape index (κ3) is 1.51. The van der Waals surface area contributed by atoms with Gasteiger partial charge in [0.25, 0.3) is 0 Å². The van der Waals surface area contributed by atoms with Crippen molar-refractivity contribution in [2.24, 2.45) is 7.05 Å². The van der Waals surface area contributed by atoms with E-state index in [9.17, 15) is 0 Å². The summed E-state index contributed by atoms with van der Waals surface area (Å²) in [4.78, 5) is 4.53. The largest absolute Gasteiger partial charge is 0.384 e. The van der Waals surface area contributed by atoms with Gasteiger partial charge in [0.15, 0.2) is 0 Å². The zero-order chi connectivity index (χ0) is 9.97. The topological polar surface area (TPSA) is 27.1 Å². The van der Waals surface area contributed by atoms with Crippen molar-refractivity contribution in [1.29, 1.82) is 0 Å². The molecule has 0 aliphatic carbocycles. The summed E-state index contributed by atoms with van der Waals surface area (Å²) in [5, 5.41) is 0. The number of aromatic nitrogens is 2. The Morgan fingerprint density at radius 3 is 2.86 bits per heavy atom. The zero-order valence-electron chi connectivity index (χ0n) is 8.53. The summed E-state index contributed by atoms with van der Waals surface area (Å²) < 4.78 is 7.16. The SMILES string of the molecule is COCCc1nc2ccccc2n1C. The van der Waals surface area contributed by atoms with Crippen LogP contribution in [0.2, 0.25) is 0 Å². The van der Waals surface area contributed by atoms with Gasteiger partial charge >= 0.3 is 0 Å². The van der Waals surface area contributed by atoms with Crippen LogP contribution in [0.15, 0.2) is 24.3 Å². The van der Waals surface area contributed by atoms with Crippen molar-refractivity contribution < 1.29 is 4.74 Å². The van der Waals surface area contributed by atoms with Crippen molar-refractivity contribution in [3.05, 3.63) is 30.1 Å². The molecule has 1 aromatic carbocycles. The molecular weight excluding hydrogens is 176 g/mol. The lowest BCUT2D eigenvalue weighted by molar-refractivity contribution is 0.200. The van der Waals surface area contributed by atoms with Crippen molar-refractivity contribution in [3.63, 3.8) is 0 Å². The molecule has 2 rings (SSSR count). The molecule has 0 aliphatic heterocycles. The average Bonchev–Trinajstić information content (AvgIpc) is 2.54. The van der Waals surface area contributed by atoms with Crippen LogP contribution in [0.25, 0.3) is 11.0 Å². The van der Waals surface area contributed by atoms with Gasteiger partial charge in [0.2, 0.25) is 0 Å². The van der Waals surface area contributed by atoms with Gasteiger partial charge in [-0.2, -0.15) is 0 Å². The quantitative estimate of drug-likeness (QED) is 0.737. The fourth-order valence-electron chi connectivity index (χ4n) is 1.61. The van der Waals surface area contributed by atoms with Gasteiger partial charge in [-0.1, -0.05) is 12.1 Å². The number of nitrogens with zero attached hydrogens (tertiary/aromatic N) is 2. The Bertz CT molecular complexity index is 434. The number of fused-ring (bicyclic) bond motifs is 1. The minimum atomic E-state index is 0.719. The Hall–Kier alpha value is -1.35. The Balaban J connectivity index is 2.41. The maximum Gasteiger partial charge on any atom is 0.111 e. The number of ether oxygens (including phenoxy) is 1. The number of benzene rings is 1. The molecule has 74 valence electrons. The number of hydrogen-bond donors (Lipinski definition) is 0. The summed E-state index contributed by atoms with van der Waals surface area (Å²) in [5.41, 5.74) is 2.24. The van der Waals surface area contributed by atoms with Crippen LogP contribution in [0, 0.1) is 0 Å². The van der Waals surface area contributed by atoms with Gasteiger partial charge in [-0.15, -0.1) is 0 Å². The number of para-hydroxylation sites is 2. The second kappa shape index (κ2) is 3.80. The van der Waals surface area contributed by atoms with Crippen molar-refractivity contribution >= 4 is 11.0 Å². The van der Waals surface area contributed by atoms with E-state index in [1.165, 1.54) is 5.52 Å². The van der Waals surface area contributed by atoms with E-state index in [2.05, 4.69) is 15.6 Å². The molecule has 0 aliphatic rings. The van der Waals surface area contributed by atoms with Crippen LogP contribution in [0.5, 0.6) is 0 Å². The first-order chi connectivity index (χ1) is 6.83. The molecule has 3 heteroatoms. The van der Waals surface area contributed by atoms with Crippen molar-refractivity contribution in [1.82, 2.24) is 9.55 Å². The predicted octanol–water partition coefficient (Wildman–Crippen LogP) is 1.76. The van der Waals surface area contributed by atoms with Crippen molar-refractivity contribution in [2.45, 2.75) is 6.42 Å². The minimum absolute atomic E-state index is 0.719. The highest BCUT2D eigenvalue weighted by atomic mass is 16.5. The lowest BCUT2D eigenvalue weighted by Gasteiger charge is -2.00. The standard InChI is InChI=1S/C11H14N2O/c1-13-10-6-4-3-5-9(10)12-11(13)7-8-14-2/h3-6H,7-8H2,1-2H3. The molecule has 0 unspecified atom stereocenters. The molecule has 0 spiro atoms. The molecule has 3 nitrogen and oxygen atoms in total. The van der Waals surface area contributed by atoms with Crippen molar-refractivity contribution in [2.75, 3.05) is 13.7 Å². The van der Waals surface area contributed by atoms with Gasteiger partial charge in [0, 0.05) is 20.6 Å². The summed E-state index contributed by atoms with van der Waals surface area (Å²) in [6.45, 7) is 0.719. The lowest BCUT2D eigenvalue weighted by atomic mass is 10.3. The molecule has 0 amide bonds. The van der Waals surface area contributed by atoms with Crippen LogP contribution in [-0.4, -0.2) is 23.3 Å². The van der Waals surface area contributed by atoms with E-state index in [1.54, 1.807) is 7.11 Å². The summed E-state index contributed by atoms with van der Waals surface area (Å²) in [6, 6.07) is 8.16. The molecule has 0 fully saturated rings. The second-order valence-electron chi connectivity index (χ2n) is 3.32. The van der Waals surface area contributed by atoms with Crippen LogP contribution >= 0.6 is 0 Å². The van der Waals surface area contributed by atoms with E-state index < -0.39 is 0 Å². The van der Waals surface area contributed by atoms with E-state index in [4.69, 9.17) is 4.74 Å². The molecule has 14 heavy (non-hydrogen) atoms. The van der Waals surface area contributed by atoms with Crippen LogP contribution in [0.1, 0.15) is 5.82 Å². The molecule has 1 heterocycles. The lowest BCUT2D eigenvalue weighted by Crippen LogP contribution is -2.02. The Kier molecular flexibility index (Phi) is 2.50. The summed E-state index contributed by atoms with van der Waals surface area (Å²) >= 11 is 0. The number of hydrogen-bond acceptors (Lipinski definition) is 2. The highest BCUT2D eigenvalue weighted by Crippen LogP contribution is 2.14. The van der Waals surface area contributed by atoms with Gasteiger partial charge < -0.3 is 9.30 Å². The summed E-state index contributed by atoms with van der Waals surface area (Å²) in [5.74, 6) is 1.08. The van der Waals surface area contributed by atoms with Crippen LogP contribution < -0.4 is 0 Å². The molecule has 0 atom stereocenters. The van der Waals surface area contributed by atoms with Crippen LogP contribution in [0.3, 0.4) is 0 Å². The molecular formula is C11H14N2O. The highest BCUT2D eigenvalue weighted by molar-refractivity contribution is 5.75. The molecule has 0 bridgehead atoms. The molecule has 0 saturated carbocycles. The first kappa shape index (κ1) is 9.21. The van der Waals surface area contributed by atoms with Gasteiger partial charge in [-0.25, -0.2) is 4.98 Å². The van der Waals surface area contributed by atoms with Crippen molar-refractivity contribution in [3.8, 4) is 0 Å². The number of imidazole rings is 1. The second-order valence-corrected chi connectivity index (χ2v) is 3.32. The van der Waals surface area contributed by atoms with E-state index >= 15 is 0 Å². The first-order valence-corrected chi connectivity index (χ1v) is 4.72. The van der Waals surface area contributed by atoms with E-state index in [0.29, 0.717) is 0 Å². The molecule has 0 N–H and O–H groups in total. The fraction of sp³-hybridized carbons (Fsp3) is 0.364. The first-order valence-electron chi connectivity index (χ1n) is 4.72. The maximum absolute atomic E-state index is 5.04. The van der Waals surface area contributed by atoms with E-state index in [0.717, 1.165) is 24.4 Å². The summed E-state index contributed by atoms with van der Waals surface area (Å²) in [6.07, 6.45) is 0.863. The third-order valence-corrected chi connectivity index (χ3v) is 2.41. The smallest absolute Gasteiger partial charge is 0.111 e. The third-order valence-electron chi connectivity index (χ3n) is 2.41. The highest BCUT2D eigenvalue weighted by Gasteiger charge is 2.05. The molecule has 1 aromatic heterocycles. The van der Waals surface area contributed by atoms with Crippen LogP contribution in [0.4, 0.5) is 0 Å². The minimum Gasteiger partial charge on any atom is -0.384 e.